The molecule has 5 heteroatoms. The molecule has 0 aliphatic carbocycles. The zero-order chi connectivity index (χ0) is 14.7. The Morgan fingerprint density at radius 1 is 1.25 bits per heavy atom. The summed E-state index contributed by atoms with van der Waals surface area (Å²) in [5.74, 6) is 0.298. The highest BCUT2D eigenvalue weighted by molar-refractivity contribution is 7.80. The maximum Gasteiger partial charge on any atom is 0.135 e. The van der Waals surface area contributed by atoms with Gasteiger partial charge in [0.25, 0.3) is 0 Å². The second kappa shape index (κ2) is 5.88. The maximum atomic E-state index is 13.9. The van der Waals surface area contributed by atoms with E-state index in [1.807, 2.05) is 36.2 Å². The molecular formula is C15H15FN2OS. The molecule has 20 heavy (non-hydrogen) atoms. The van der Waals surface area contributed by atoms with Crippen molar-refractivity contribution in [3.05, 3.63) is 53.8 Å². The first-order valence-electron chi connectivity index (χ1n) is 6.00. The van der Waals surface area contributed by atoms with Crippen molar-refractivity contribution in [2.45, 2.75) is 0 Å². The molecule has 0 saturated heterocycles. The lowest BCUT2D eigenvalue weighted by molar-refractivity contribution is 0.415. The summed E-state index contributed by atoms with van der Waals surface area (Å²) in [5.41, 5.74) is 7.34. The predicted octanol–water partition coefficient (Wildman–Crippen LogP) is 3.24. The highest BCUT2D eigenvalue weighted by Gasteiger charge is 2.15. The average molecular weight is 290 g/mol. The number of benzene rings is 2. The highest BCUT2D eigenvalue weighted by atomic mass is 32.1. The minimum absolute atomic E-state index is 0.0350. The van der Waals surface area contributed by atoms with Crippen LogP contribution in [0, 0.1) is 5.82 Å². The van der Waals surface area contributed by atoms with Gasteiger partial charge in [0.15, 0.2) is 0 Å². The van der Waals surface area contributed by atoms with Crippen LogP contribution in [-0.2, 0) is 0 Å². The summed E-state index contributed by atoms with van der Waals surface area (Å²) in [6, 6.07) is 12.2. The number of anilines is 2. The summed E-state index contributed by atoms with van der Waals surface area (Å²) in [5, 5.41) is 0. The van der Waals surface area contributed by atoms with E-state index < -0.39 is 5.82 Å². The molecule has 2 N–H and O–H groups in total. The topological polar surface area (TPSA) is 38.5 Å². The van der Waals surface area contributed by atoms with Crippen molar-refractivity contribution in [3.8, 4) is 5.75 Å². The van der Waals surface area contributed by atoms with E-state index in [4.69, 9.17) is 22.7 Å². The number of hydrogen-bond donors (Lipinski definition) is 1. The van der Waals surface area contributed by atoms with Gasteiger partial charge < -0.3 is 15.4 Å². The molecule has 0 radical (unpaired) electrons. The van der Waals surface area contributed by atoms with Crippen LogP contribution in [0.5, 0.6) is 5.75 Å². The van der Waals surface area contributed by atoms with Crippen LogP contribution >= 0.6 is 12.2 Å². The lowest BCUT2D eigenvalue weighted by Gasteiger charge is -2.23. The predicted molar refractivity (Wildman–Crippen MR) is 83.3 cm³/mol. The summed E-state index contributed by atoms with van der Waals surface area (Å²) in [7, 11) is 3.42. The van der Waals surface area contributed by atoms with Gasteiger partial charge in [-0.15, -0.1) is 0 Å². The van der Waals surface area contributed by atoms with Crippen molar-refractivity contribution < 1.29 is 9.13 Å². The van der Waals surface area contributed by atoms with Gasteiger partial charge in [-0.2, -0.15) is 0 Å². The van der Waals surface area contributed by atoms with E-state index in [2.05, 4.69) is 0 Å². The van der Waals surface area contributed by atoms with Gasteiger partial charge in [0.05, 0.1) is 18.4 Å². The molecule has 0 amide bonds. The minimum Gasteiger partial charge on any atom is -0.497 e. The standard InChI is InChI=1S/C15H15FN2OS/c1-18(10-5-3-6-11(9-10)19-2)13-8-4-7-12(16)14(13)15(17)20/h3-9H,1-2H3,(H2,17,20). The van der Waals surface area contributed by atoms with E-state index in [-0.39, 0.29) is 10.6 Å². The molecule has 2 rings (SSSR count). The number of thiocarbonyl (C=S) groups is 1. The first-order chi connectivity index (χ1) is 9.54. The third kappa shape index (κ3) is 2.72. The van der Waals surface area contributed by atoms with E-state index in [0.29, 0.717) is 5.69 Å². The van der Waals surface area contributed by atoms with Crippen LogP contribution in [0.15, 0.2) is 42.5 Å². The van der Waals surface area contributed by atoms with Gasteiger partial charge in [0.1, 0.15) is 16.6 Å². The molecule has 0 bridgehead atoms. The third-order valence-electron chi connectivity index (χ3n) is 3.04. The molecule has 0 fully saturated rings. The zero-order valence-electron chi connectivity index (χ0n) is 11.3. The van der Waals surface area contributed by atoms with E-state index in [1.165, 1.54) is 6.07 Å². The first kappa shape index (κ1) is 14.3. The largest absolute Gasteiger partial charge is 0.497 e. The van der Waals surface area contributed by atoms with Crippen LogP contribution in [0.3, 0.4) is 0 Å². The number of methoxy groups -OCH3 is 1. The molecule has 104 valence electrons. The number of ether oxygens (including phenoxy) is 1. The Kier molecular flexibility index (Phi) is 4.20. The van der Waals surface area contributed by atoms with Crippen LogP contribution in [-0.4, -0.2) is 19.1 Å². The van der Waals surface area contributed by atoms with Crippen LogP contribution in [0.2, 0.25) is 0 Å². The third-order valence-corrected chi connectivity index (χ3v) is 3.24. The van der Waals surface area contributed by atoms with E-state index in [0.717, 1.165) is 11.4 Å². The van der Waals surface area contributed by atoms with E-state index in [9.17, 15) is 4.39 Å². The quantitative estimate of drug-likeness (QED) is 0.877. The molecule has 3 nitrogen and oxygen atoms in total. The van der Waals surface area contributed by atoms with Gasteiger partial charge in [-0.25, -0.2) is 4.39 Å². The highest BCUT2D eigenvalue weighted by Crippen LogP contribution is 2.30. The Morgan fingerprint density at radius 3 is 2.60 bits per heavy atom. The second-order valence-corrected chi connectivity index (χ2v) is 4.70. The monoisotopic (exact) mass is 290 g/mol. The molecule has 0 spiro atoms. The lowest BCUT2D eigenvalue weighted by Crippen LogP contribution is -2.19. The molecule has 2 aromatic rings. The molecule has 0 heterocycles. The van der Waals surface area contributed by atoms with Crippen LogP contribution < -0.4 is 15.4 Å². The molecule has 2 aromatic carbocycles. The molecule has 0 unspecified atom stereocenters. The molecule has 0 atom stereocenters. The SMILES string of the molecule is COc1cccc(N(C)c2cccc(F)c2C(N)=S)c1. The fraction of sp³-hybridized carbons (Fsp3) is 0.133. The summed E-state index contributed by atoms with van der Waals surface area (Å²) in [4.78, 5) is 1.85. The Bertz CT molecular complexity index is 646. The van der Waals surface area contributed by atoms with Gasteiger partial charge >= 0.3 is 0 Å². The summed E-state index contributed by atoms with van der Waals surface area (Å²) in [6.45, 7) is 0. The van der Waals surface area contributed by atoms with Crippen LogP contribution in [0.4, 0.5) is 15.8 Å². The van der Waals surface area contributed by atoms with Gasteiger partial charge in [-0.05, 0) is 24.3 Å². The Labute approximate surface area is 122 Å². The normalized spacial score (nSPS) is 10.2. The number of hydrogen-bond acceptors (Lipinski definition) is 3. The van der Waals surface area contributed by atoms with E-state index in [1.54, 1.807) is 19.2 Å². The number of nitrogens with zero attached hydrogens (tertiary/aromatic N) is 1. The average Bonchev–Trinajstić information content (AvgIpc) is 2.45. The molecule has 0 aliphatic heterocycles. The fourth-order valence-electron chi connectivity index (χ4n) is 1.99. The Morgan fingerprint density at radius 2 is 1.95 bits per heavy atom. The molecular weight excluding hydrogens is 275 g/mol. The Balaban J connectivity index is 2.50. The van der Waals surface area contributed by atoms with Crippen molar-refractivity contribution in [2.24, 2.45) is 5.73 Å². The lowest BCUT2D eigenvalue weighted by atomic mass is 10.1. The summed E-state index contributed by atoms with van der Waals surface area (Å²) in [6.07, 6.45) is 0. The first-order valence-corrected chi connectivity index (χ1v) is 6.41. The molecule has 0 saturated carbocycles. The van der Waals surface area contributed by atoms with Gasteiger partial charge in [0.2, 0.25) is 0 Å². The maximum absolute atomic E-state index is 13.9. The van der Waals surface area contributed by atoms with Gasteiger partial charge in [-0.3, -0.25) is 0 Å². The fourth-order valence-corrected chi connectivity index (χ4v) is 2.20. The smallest absolute Gasteiger partial charge is 0.135 e. The van der Waals surface area contributed by atoms with Crippen molar-refractivity contribution in [1.82, 2.24) is 0 Å². The minimum atomic E-state index is -0.426. The van der Waals surface area contributed by atoms with Crippen molar-refractivity contribution in [3.63, 3.8) is 0 Å². The second-order valence-electron chi connectivity index (χ2n) is 4.26. The zero-order valence-corrected chi connectivity index (χ0v) is 12.1. The van der Waals surface area contributed by atoms with Gasteiger partial charge in [-0.1, -0.05) is 24.4 Å². The van der Waals surface area contributed by atoms with Crippen LogP contribution in [0.1, 0.15) is 5.56 Å². The van der Waals surface area contributed by atoms with E-state index >= 15 is 0 Å². The van der Waals surface area contributed by atoms with Crippen LogP contribution in [0.25, 0.3) is 0 Å². The van der Waals surface area contributed by atoms with Crippen molar-refractivity contribution >= 4 is 28.6 Å². The summed E-state index contributed by atoms with van der Waals surface area (Å²) >= 11 is 4.94. The number of nitrogens with two attached hydrogens (primary N) is 1. The van der Waals surface area contributed by atoms with Gasteiger partial charge in [0, 0.05) is 18.8 Å². The molecule has 0 aromatic heterocycles. The summed E-state index contributed by atoms with van der Waals surface area (Å²) < 4.78 is 19.1. The van der Waals surface area contributed by atoms with Crippen molar-refractivity contribution in [2.75, 3.05) is 19.1 Å². The van der Waals surface area contributed by atoms with Crippen molar-refractivity contribution in [1.29, 1.82) is 0 Å². The molecule has 0 aliphatic rings. The Hall–Kier alpha value is -2.14. The number of rotatable bonds is 4. The number of halogens is 1.